The van der Waals surface area contributed by atoms with Gasteiger partial charge < -0.3 is 5.11 Å². The van der Waals surface area contributed by atoms with Gasteiger partial charge in [-0.15, -0.1) is 0 Å². The minimum Gasteiger partial charge on any atom is -0.481 e. The van der Waals surface area contributed by atoms with Crippen LogP contribution in [0.25, 0.3) is 0 Å². The molecule has 0 aromatic carbocycles. The number of rotatable bonds is 5. The molecule has 4 heteroatoms. The van der Waals surface area contributed by atoms with E-state index in [4.69, 9.17) is 5.11 Å². The molecule has 0 spiro atoms. The molecule has 3 atom stereocenters. The van der Waals surface area contributed by atoms with Gasteiger partial charge in [-0.2, -0.15) is 0 Å². The molecule has 0 bridgehead atoms. The van der Waals surface area contributed by atoms with E-state index in [1.165, 1.54) is 6.92 Å². The molecule has 1 N–H and O–H groups in total. The van der Waals surface area contributed by atoms with Crippen molar-refractivity contribution in [2.45, 2.75) is 39.0 Å². The Kier molecular flexibility index (Phi) is 4.78. The molecule has 0 aliphatic carbocycles. The van der Waals surface area contributed by atoms with Crippen LogP contribution in [0, 0.1) is 5.92 Å². The van der Waals surface area contributed by atoms with Crippen LogP contribution < -0.4 is 0 Å². The highest BCUT2D eigenvalue weighted by Crippen LogP contribution is 2.19. The molecule has 0 aromatic heterocycles. The minimum atomic E-state index is -1.44. The average Bonchev–Trinajstić information content (AvgIpc) is 1.98. The summed E-state index contributed by atoms with van der Waals surface area (Å²) in [6.07, 6.45) is -2.84. The number of hydrogen-bond acceptors (Lipinski definition) is 1. The third-order valence-electron chi connectivity index (χ3n) is 1.72. The van der Waals surface area contributed by atoms with E-state index in [9.17, 15) is 13.6 Å². The number of halogens is 2. The molecule has 0 heterocycles. The molecule has 1 unspecified atom stereocenters. The van der Waals surface area contributed by atoms with Crippen LogP contribution in [0.1, 0.15) is 26.7 Å². The first kappa shape index (κ1) is 11.3. The number of aliphatic carboxylic acids is 1. The fourth-order valence-corrected chi connectivity index (χ4v) is 1.04. The van der Waals surface area contributed by atoms with Gasteiger partial charge in [0.25, 0.3) is 0 Å². The Hall–Kier alpha value is -0.670. The maximum absolute atomic E-state index is 12.9. The highest BCUT2D eigenvalue weighted by Gasteiger charge is 2.28. The number of carbonyl (C=O) groups is 1. The van der Waals surface area contributed by atoms with Gasteiger partial charge in [0.05, 0.1) is 12.1 Å². The summed E-state index contributed by atoms with van der Waals surface area (Å²) in [5.41, 5.74) is 0. The summed E-state index contributed by atoms with van der Waals surface area (Å²) in [4.78, 5) is 10.4. The molecule has 0 aromatic rings. The van der Waals surface area contributed by atoms with Crippen LogP contribution in [-0.2, 0) is 4.79 Å². The van der Waals surface area contributed by atoms with E-state index in [2.05, 4.69) is 0 Å². The molecule has 0 saturated carbocycles. The molecule has 0 aliphatic heterocycles. The lowest BCUT2D eigenvalue weighted by molar-refractivity contribution is -0.145. The normalized spacial score (nSPS) is 18.3. The number of carboxylic acids is 1. The third kappa shape index (κ3) is 3.64. The van der Waals surface area contributed by atoms with Crippen molar-refractivity contribution in [3.05, 3.63) is 0 Å². The Bertz CT molecular complexity index is 148. The monoisotopic (exact) mass is 180 g/mol. The number of carboxylic acid groups (broad SMARTS) is 1. The average molecular weight is 180 g/mol. The predicted molar refractivity (Wildman–Crippen MR) is 41.5 cm³/mol. The summed E-state index contributed by atoms with van der Waals surface area (Å²) in [5, 5.41) is 8.52. The van der Waals surface area contributed by atoms with Crippen molar-refractivity contribution in [1.29, 1.82) is 0 Å². The van der Waals surface area contributed by atoms with Gasteiger partial charge in [0, 0.05) is 0 Å². The van der Waals surface area contributed by atoms with Crippen LogP contribution in [0.5, 0.6) is 0 Å². The molecule has 0 amide bonds. The van der Waals surface area contributed by atoms with E-state index < -0.39 is 24.2 Å². The molecular weight excluding hydrogens is 166 g/mol. The molecule has 0 saturated heterocycles. The van der Waals surface area contributed by atoms with Crippen LogP contribution in [0.15, 0.2) is 0 Å². The topological polar surface area (TPSA) is 37.3 Å². The van der Waals surface area contributed by atoms with Gasteiger partial charge in [-0.3, -0.25) is 4.79 Å². The van der Waals surface area contributed by atoms with Crippen molar-refractivity contribution < 1.29 is 18.7 Å². The van der Waals surface area contributed by atoms with Crippen LogP contribution >= 0.6 is 0 Å². The quantitative estimate of drug-likeness (QED) is 0.704. The van der Waals surface area contributed by atoms with E-state index in [1.54, 1.807) is 6.92 Å². The molecule has 0 aliphatic rings. The van der Waals surface area contributed by atoms with Crippen LogP contribution in [-0.4, -0.2) is 23.4 Å². The van der Waals surface area contributed by atoms with Gasteiger partial charge in [0.15, 0.2) is 0 Å². The summed E-state index contributed by atoms with van der Waals surface area (Å²) >= 11 is 0. The van der Waals surface area contributed by atoms with Crippen LogP contribution in [0.4, 0.5) is 8.78 Å². The van der Waals surface area contributed by atoms with Gasteiger partial charge in [0.2, 0.25) is 0 Å². The first-order chi connectivity index (χ1) is 5.49. The van der Waals surface area contributed by atoms with Crippen molar-refractivity contribution in [2.24, 2.45) is 5.92 Å². The molecule has 2 nitrogen and oxygen atoms in total. The van der Waals surface area contributed by atoms with Gasteiger partial charge in [-0.1, -0.05) is 6.92 Å². The Balaban J connectivity index is 4.13. The molecule has 12 heavy (non-hydrogen) atoms. The van der Waals surface area contributed by atoms with E-state index in [0.717, 1.165) is 0 Å². The predicted octanol–water partition coefficient (Wildman–Crippen LogP) is 2.18. The van der Waals surface area contributed by atoms with E-state index in [-0.39, 0.29) is 12.8 Å². The second-order valence-corrected chi connectivity index (χ2v) is 2.89. The maximum atomic E-state index is 12.9. The summed E-state index contributed by atoms with van der Waals surface area (Å²) < 4.78 is 25.2. The maximum Gasteiger partial charge on any atom is 0.309 e. The Morgan fingerprint density at radius 3 is 2.25 bits per heavy atom. The summed E-state index contributed by atoms with van der Waals surface area (Å²) in [6, 6.07) is 0. The zero-order valence-corrected chi connectivity index (χ0v) is 7.26. The Labute approximate surface area is 70.6 Å². The summed E-state index contributed by atoms with van der Waals surface area (Å²) in [5.74, 6) is -2.45. The Morgan fingerprint density at radius 2 is 2.00 bits per heavy atom. The molecule has 0 radical (unpaired) electrons. The lowest BCUT2D eigenvalue weighted by atomic mass is 9.96. The molecule has 0 fully saturated rings. The van der Waals surface area contributed by atoms with E-state index >= 15 is 0 Å². The lowest BCUT2D eigenvalue weighted by Gasteiger charge is -2.15. The zero-order valence-electron chi connectivity index (χ0n) is 7.26. The molecule has 0 rings (SSSR count). The van der Waals surface area contributed by atoms with Crippen molar-refractivity contribution in [3.63, 3.8) is 0 Å². The smallest absolute Gasteiger partial charge is 0.309 e. The largest absolute Gasteiger partial charge is 0.481 e. The molecular formula is C8H14F2O2. The van der Waals surface area contributed by atoms with Crippen molar-refractivity contribution >= 4 is 5.97 Å². The fraction of sp³-hybridized carbons (Fsp3) is 0.875. The minimum absolute atomic E-state index is 0.115. The second-order valence-electron chi connectivity index (χ2n) is 2.89. The fourth-order valence-electron chi connectivity index (χ4n) is 1.04. The standard InChI is InChI=1S/C8H14F2O2/c1-3-7(10)6(8(11)12)4-5(2)9/h5-7H,3-4H2,1-2H3,(H,11,12)/t5-,6?,7-/m1/s1. The van der Waals surface area contributed by atoms with Crippen molar-refractivity contribution in [3.8, 4) is 0 Å². The first-order valence-electron chi connectivity index (χ1n) is 4.00. The van der Waals surface area contributed by atoms with Crippen molar-refractivity contribution in [2.75, 3.05) is 0 Å². The first-order valence-corrected chi connectivity index (χ1v) is 4.00. The summed E-state index contributed by atoms with van der Waals surface area (Å²) in [6.45, 7) is 2.78. The number of alkyl halides is 2. The number of hydrogen-bond donors (Lipinski definition) is 1. The Morgan fingerprint density at radius 1 is 1.50 bits per heavy atom. The van der Waals surface area contributed by atoms with Crippen LogP contribution in [0.2, 0.25) is 0 Å². The second kappa shape index (κ2) is 5.06. The van der Waals surface area contributed by atoms with Crippen LogP contribution in [0.3, 0.4) is 0 Å². The summed E-state index contributed by atoms with van der Waals surface area (Å²) in [7, 11) is 0. The van der Waals surface area contributed by atoms with E-state index in [0.29, 0.717) is 0 Å². The van der Waals surface area contributed by atoms with Gasteiger partial charge >= 0.3 is 5.97 Å². The lowest BCUT2D eigenvalue weighted by Crippen LogP contribution is -2.26. The molecule has 72 valence electrons. The third-order valence-corrected chi connectivity index (χ3v) is 1.72. The van der Waals surface area contributed by atoms with E-state index in [1.807, 2.05) is 0 Å². The zero-order chi connectivity index (χ0) is 9.72. The SMILES string of the molecule is CC[C@@H](F)C(C[C@@H](C)F)C(=O)O. The van der Waals surface area contributed by atoms with Crippen molar-refractivity contribution in [1.82, 2.24) is 0 Å². The van der Waals surface area contributed by atoms with Gasteiger partial charge in [0.1, 0.15) is 6.17 Å². The van der Waals surface area contributed by atoms with Gasteiger partial charge in [-0.25, -0.2) is 8.78 Å². The highest BCUT2D eigenvalue weighted by molar-refractivity contribution is 5.70. The van der Waals surface area contributed by atoms with Gasteiger partial charge in [-0.05, 0) is 19.8 Å². The highest BCUT2D eigenvalue weighted by atomic mass is 19.1.